The van der Waals surface area contributed by atoms with E-state index in [9.17, 15) is 18.0 Å². The molecule has 0 bridgehead atoms. The number of tetrazole rings is 1. The number of amides is 1. The Morgan fingerprint density at radius 3 is 2.62 bits per heavy atom. The van der Waals surface area contributed by atoms with Gasteiger partial charge in [-0.25, -0.2) is 9.48 Å². The molecule has 1 heterocycles. The summed E-state index contributed by atoms with van der Waals surface area (Å²) in [6.45, 7) is 0. The van der Waals surface area contributed by atoms with Gasteiger partial charge in [0.1, 0.15) is 12.1 Å². The number of anilines is 1. The zero-order valence-electron chi connectivity index (χ0n) is 13.4. The second kappa shape index (κ2) is 6.82. The average molecular weight is 363 g/mol. The molecule has 26 heavy (non-hydrogen) atoms. The van der Waals surface area contributed by atoms with Crippen molar-refractivity contribution in [3.8, 4) is 11.4 Å². The fraction of sp³-hybridized carbons (Fsp3) is 0.125. The van der Waals surface area contributed by atoms with Crippen LogP contribution in [0.5, 0.6) is 5.75 Å². The molecule has 0 fully saturated rings. The van der Waals surface area contributed by atoms with Crippen LogP contribution in [-0.2, 0) is 6.18 Å². The SMILES string of the molecule is CN(C(=O)Oc1cccc(C(F)(F)F)c1)c1cccc(-n2cnnn2)c1. The van der Waals surface area contributed by atoms with Gasteiger partial charge < -0.3 is 4.74 Å². The summed E-state index contributed by atoms with van der Waals surface area (Å²) >= 11 is 0. The van der Waals surface area contributed by atoms with Crippen molar-refractivity contribution in [2.75, 3.05) is 11.9 Å². The first-order valence-corrected chi connectivity index (χ1v) is 7.31. The van der Waals surface area contributed by atoms with Gasteiger partial charge in [0.2, 0.25) is 0 Å². The summed E-state index contributed by atoms with van der Waals surface area (Å²) in [7, 11) is 1.44. The molecule has 0 aliphatic rings. The van der Waals surface area contributed by atoms with Crippen LogP contribution >= 0.6 is 0 Å². The zero-order valence-corrected chi connectivity index (χ0v) is 13.4. The molecule has 10 heteroatoms. The lowest BCUT2D eigenvalue weighted by molar-refractivity contribution is -0.137. The van der Waals surface area contributed by atoms with Crippen molar-refractivity contribution in [1.29, 1.82) is 0 Å². The lowest BCUT2D eigenvalue weighted by Gasteiger charge is -2.18. The predicted octanol–water partition coefficient (Wildman–Crippen LogP) is 3.32. The normalized spacial score (nSPS) is 11.2. The Balaban J connectivity index is 1.77. The molecule has 2 aromatic carbocycles. The fourth-order valence-corrected chi connectivity index (χ4v) is 2.13. The minimum absolute atomic E-state index is 0.201. The molecule has 7 nitrogen and oxygen atoms in total. The largest absolute Gasteiger partial charge is 0.419 e. The molecule has 0 radical (unpaired) electrons. The summed E-state index contributed by atoms with van der Waals surface area (Å²) in [5, 5.41) is 10.8. The van der Waals surface area contributed by atoms with E-state index in [1.54, 1.807) is 24.3 Å². The van der Waals surface area contributed by atoms with Gasteiger partial charge in [0.15, 0.2) is 0 Å². The molecular formula is C16H12F3N5O2. The Bertz CT molecular complexity index is 912. The van der Waals surface area contributed by atoms with Gasteiger partial charge in [-0.3, -0.25) is 4.90 Å². The highest BCUT2D eigenvalue weighted by molar-refractivity contribution is 5.88. The van der Waals surface area contributed by atoms with Crippen LogP contribution in [0.3, 0.4) is 0 Å². The molecule has 3 rings (SSSR count). The standard InChI is InChI=1S/C16H12F3N5O2/c1-23(12-5-3-6-13(9-12)24-10-20-21-22-24)15(25)26-14-7-2-4-11(8-14)16(17,18)19/h2-10H,1H3. The average Bonchev–Trinajstić information content (AvgIpc) is 3.15. The second-order valence-corrected chi connectivity index (χ2v) is 5.23. The Kier molecular flexibility index (Phi) is 4.57. The first-order chi connectivity index (χ1) is 12.3. The monoisotopic (exact) mass is 363 g/mol. The Morgan fingerprint density at radius 2 is 1.92 bits per heavy atom. The summed E-state index contributed by atoms with van der Waals surface area (Å²) in [6.07, 6.45) is -3.97. The first kappa shape index (κ1) is 17.4. The number of alkyl halides is 3. The van der Waals surface area contributed by atoms with E-state index in [4.69, 9.17) is 4.74 Å². The van der Waals surface area contributed by atoms with Crippen molar-refractivity contribution in [2.45, 2.75) is 6.18 Å². The van der Waals surface area contributed by atoms with Crippen molar-refractivity contribution in [3.05, 3.63) is 60.4 Å². The van der Waals surface area contributed by atoms with Gasteiger partial charge in [-0.15, -0.1) is 5.10 Å². The predicted molar refractivity (Wildman–Crippen MR) is 85.0 cm³/mol. The van der Waals surface area contributed by atoms with E-state index in [1.807, 2.05) is 0 Å². The molecule has 0 saturated carbocycles. The van der Waals surface area contributed by atoms with Crippen LogP contribution in [0, 0.1) is 0 Å². The molecular weight excluding hydrogens is 351 g/mol. The van der Waals surface area contributed by atoms with Gasteiger partial charge in [-0.05, 0) is 46.8 Å². The first-order valence-electron chi connectivity index (χ1n) is 7.31. The number of nitrogens with zero attached hydrogens (tertiary/aromatic N) is 5. The van der Waals surface area contributed by atoms with Gasteiger partial charge in [0, 0.05) is 12.7 Å². The lowest BCUT2D eigenvalue weighted by atomic mass is 10.2. The Hall–Kier alpha value is -3.43. The maximum absolute atomic E-state index is 12.7. The van der Waals surface area contributed by atoms with Gasteiger partial charge in [-0.1, -0.05) is 12.1 Å². The summed E-state index contributed by atoms with van der Waals surface area (Å²) < 4.78 is 44.7. The third kappa shape index (κ3) is 3.79. The highest BCUT2D eigenvalue weighted by Crippen LogP contribution is 2.31. The van der Waals surface area contributed by atoms with Crippen LogP contribution in [0.2, 0.25) is 0 Å². The lowest BCUT2D eigenvalue weighted by Crippen LogP contribution is -2.29. The number of rotatable bonds is 3. The van der Waals surface area contributed by atoms with Crippen molar-refractivity contribution in [3.63, 3.8) is 0 Å². The van der Waals surface area contributed by atoms with Crippen molar-refractivity contribution in [1.82, 2.24) is 20.2 Å². The third-order valence-corrected chi connectivity index (χ3v) is 3.47. The molecule has 1 aromatic heterocycles. The van der Waals surface area contributed by atoms with Crippen LogP contribution in [0.15, 0.2) is 54.9 Å². The molecule has 1 amide bonds. The van der Waals surface area contributed by atoms with E-state index in [0.717, 1.165) is 17.0 Å². The number of ether oxygens (including phenoxy) is 1. The van der Waals surface area contributed by atoms with E-state index in [1.165, 1.54) is 30.2 Å². The van der Waals surface area contributed by atoms with Crippen LogP contribution in [0.1, 0.15) is 5.56 Å². The van der Waals surface area contributed by atoms with Crippen LogP contribution in [-0.4, -0.2) is 33.3 Å². The highest BCUT2D eigenvalue weighted by Gasteiger charge is 2.31. The van der Waals surface area contributed by atoms with Gasteiger partial charge >= 0.3 is 12.3 Å². The topological polar surface area (TPSA) is 73.1 Å². The van der Waals surface area contributed by atoms with E-state index >= 15 is 0 Å². The van der Waals surface area contributed by atoms with Gasteiger partial charge in [0.25, 0.3) is 0 Å². The van der Waals surface area contributed by atoms with Gasteiger partial charge in [0.05, 0.1) is 11.3 Å². The Labute approximate surface area is 145 Å². The molecule has 3 aromatic rings. The number of hydrogen-bond donors (Lipinski definition) is 0. The quantitative estimate of drug-likeness (QED) is 0.714. The number of carbonyl (C=O) groups excluding carboxylic acids is 1. The van der Waals surface area contributed by atoms with E-state index in [2.05, 4.69) is 15.5 Å². The molecule has 0 saturated heterocycles. The molecule has 0 aliphatic heterocycles. The second-order valence-electron chi connectivity index (χ2n) is 5.23. The fourth-order valence-electron chi connectivity index (χ4n) is 2.13. The van der Waals surface area contributed by atoms with E-state index < -0.39 is 17.8 Å². The maximum Gasteiger partial charge on any atom is 0.419 e. The highest BCUT2D eigenvalue weighted by atomic mass is 19.4. The van der Waals surface area contributed by atoms with E-state index in [-0.39, 0.29) is 5.75 Å². The molecule has 0 aliphatic carbocycles. The number of aromatic nitrogens is 4. The smallest absolute Gasteiger partial charge is 0.410 e. The number of carbonyl (C=O) groups is 1. The molecule has 0 atom stereocenters. The van der Waals surface area contributed by atoms with Crippen LogP contribution in [0.25, 0.3) is 5.69 Å². The third-order valence-electron chi connectivity index (χ3n) is 3.47. The van der Waals surface area contributed by atoms with Crippen molar-refractivity contribution < 1.29 is 22.7 Å². The van der Waals surface area contributed by atoms with E-state index in [0.29, 0.717) is 11.4 Å². The molecule has 0 spiro atoms. The summed E-state index contributed by atoms with van der Waals surface area (Å²) in [6, 6.07) is 10.8. The Morgan fingerprint density at radius 1 is 1.15 bits per heavy atom. The molecule has 134 valence electrons. The molecule has 0 unspecified atom stereocenters. The number of halogens is 3. The summed E-state index contributed by atoms with van der Waals surface area (Å²) in [5.74, 6) is -0.201. The summed E-state index contributed by atoms with van der Waals surface area (Å²) in [4.78, 5) is 13.4. The van der Waals surface area contributed by atoms with Crippen LogP contribution < -0.4 is 9.64 Å². The molecule has 0 N–H and O–H groups in total. The van der Waals surface area contributed by atoms with Gasteiger partial charge in [-0.2, -0.15) is 13.2 Å². The number of hydrogen-bond acceptors (Lipinski definition) is 5. The zero-order chi connectivity index (χ0) is 18.7. The van der Waals surface area contributed by atoms with Crippen molar-refractivity contribution in [2.24, 2.45) is 0 Å². The number of benzene rings is 2. The van der Waals surface area contributed by atoms with Crippen LogP contribution in [0.4, 0.5) is 23.7 Å². The van der Waals surface area contributed by atoms with Crippen molar-refractivity contribution >= 4 is 11.8 Å². The minimum Gasteiger partial charge on any atom is -0.410 e. The summed E-state index contributed by atoms with van der Waals surface area (Å²) in [5.41, 5.74) is 0.160. The minimum atomic E-state index is -4.52. The maximum atomic E-state index is 12.7.